The van der Waals surface area contributed by atoms with Gasteiger partial charge in [-0.1, -0.05) is 0 Å². The third kappa shape index (κ3) is 3.79. The summed E-state index contributed by atoms with van der Waals surface area (Å²) in [7, 11) is 0. The number of anilines is 1. The van der Waals surface area contributed by atoms with Gasteiger partial charge in [-0.2, -0.15) is 4.94 Å². The Hall–Kier alpha value is -2.55. The molecule has 1 rings (SSSR count). The van der Waals surface area contributed by atoms with Crippen molar-refractivity contribution in [3.05, 3.63) is 34.4 Å². The van der Waals surface area contributed by atoms with Gasteiger partial charge in [-0.25, -0.2) is 0 Å². The zero-order valence-electron chi connectivity index (χ0n) is 9.28. The number of aliphatic hydroxyl groups excluding tert-OH is 1. The summed E-state index contributed by atoms with van der Waals surface area (Å²) in [5.41, 5.74) is 5.35. The molecule has 0 atom stereocenters. The molecule has 0 radical (unpaired) electrons. The molecule has 1 aromatic rings. The van der Waals surface area contributed by atoms with Crippen LogP contribution in [0, 0.1) is 15.5 Å². The van der Waals surface area contributed by atoms with Gasteiger partial charge in [0.2, 0.25) is 5.96 Å². The SMILES string of the molecule is N=C(N)N(O[N+](=O)[O-])c1ccc(OCCO)cc1. The Labute approximate surface area is 102 Å². The summed E-state index contributed by atoms with van der Waals surface area (Å²) in [5.74, 6) is -0.159. The van der Waals surface area contributed by atoms with Gasteiger partial charge in [0.1, 0.15) is 12.4 Å². The Bertz CT molecular complexity index is 421. The van der Waals surface area contributed by atoms with Crippen molar-refractivity contribution in [3.63, 3.8) is 0 Å². The molecule has 0 spiro atoms. The Morgan fingerprint density at radius 2 is 2.11 bits per heavy atom. The summed E-state index contributed by atoms with van der Waals surface area (Å²) in [4.78, 5) is 14.4. The van der Waals surface area contributed by atoms with Crippen LogP contribution in [0.3, 0.4) is 0 Å². The molecule has 0 aliphatic carbocycles. The first kappa shape index (κ1) is 13.5. The third-order valence-electron chi connectivity index (χ3n) is 1.80. The zero-order chi connectivity index (χ0) is 13.5. The van der Waals surface area contributed by atoms with Crippen LogP contribution in [0.25, 0.3) is 0 Å². The lowest BCUT2D eigenvalue weighted by Crippen LogP contribution is -2.38. The summed E-state index contributed by atoms with van der Waals surface area (Å²) in [6.07, 6.45) is 0. The lowest BCUT2D eigenvalue weighted by atomic mass is 10.3. The largest absolute Gasteiger partial charge is 0.491 e. The number of nitrogens with zero attached hydrogens (tertiary/aromatic N) is 2. The van der Waals surface area contributed by atoms with Crippen LogP contribution in [0.15, 0.2) is 24.3 Å². The van der Waals surface area contributed by atoms with Gasteiger partial charge < -0.3 is 15.6 Å². The van der Waals surface area contributed by atoms with E-state index in [9.17, 15) is 10.1 Å². The molecule has 1 aromatic carbocycles. The number of aliphatic hydroxyl groups is 1. The van der Waals surface area contributed by atoms with E-state index in [4.69, 9.17) is 21.0 Å². The van der Waals surface area contributed by atoms with Crippen molar-refractivity contribution in [3.8, 4) is 5.75 Å². The highest BCUT2D eigenvalue weighted by Crippen LogP contribution is 2.19. The maximum absolute atomic E-state index is 10.2. The molecule has 0 aliphatic heterocycles. The molecular formula is C9H12N4O5. The highest BCUT2D eigenvalue weighted by Gasteiger charge is 2.14. The van der Waals surface area contributed by atoms with Crippen LogP contribution in [0.4, 0.5) is 5.69 Å². The molecule has 9 heteroatoms. The van der Waals surface area contributed by atoms with Crippen molar-refractivity contribution in [2.75, 3.05) is 18.3 Å². The fraction of sp³-hybridized carbons (Fsp3) is 0.222. The second-order valence-corrected chi connectivity index (χ2v) is 3.05. The lowest BCUT2D eigenvalue weighted by Gasteiger charge is -2.18. The molecule has 98 valence electrons. The number of ether oxygens (including phenoxy) is 1. The van der Waals surface area contributed by atoms with Gasteiger partial charge in [-0.15, -0.1) is 15.2 Å². The third-order valence-corrected chi connectivity index (χ3v) is 1.80. The molecular weight excluding hydrogens is 244 g/mol. The van der Waals surface area contributed by atoms with Crippen molar-refractivity contribution in [1.29, 1.82) is 5.41 Å². The standard InChI is InChI=1S/C9H12N4O5/c10-9(11)12(18-13(15)16)7-1-3-8(4-2-7)17-6-5-14/h1-4,14H,5-6H2,(H3,10,11). The minimum atomic E-state index is -1.07. The van der Waals surface area contributed by atoms with Crippen molar-refractivity contribution in [1.82, 2.24) is 0 Å². The minimum Gasteiger partial charge on any atom is -0.491 e. The maximum atomic E-state index is 10.2. The number of hydroxylamine groups is 1. The van der Waals surface area contributed by atoms with E-state index in [1.165, 1.54) is 24.3 Å². The van der Waals surface area contributed by atoms with Gasteiger partial charge in [-0.3, -0.25) is 5.41 Å². The van der Waals surface area contributed by atoms with E-state index in [1.54, 1.807) is 0 Å². The summed E-state index contributed by atoms with van der Waals surface area (Å²) in [6.45, 7) is 0.0208. The Kier molecular flexibility index (Phi) is 4.69. The predicted octanol–water partition coefficient (Wildman–Crippen LogP) is -0.119. The van der Waals surface area contributed by atoms with Crippen LogP contribution >= 0.6 is 0 Å². The van der Waals surface area contributed by atoms with Crippen LogP contribution < -0.4 is 15.5 Å². The quantitative estimate of drug-likeness (QED) is 0.279. The maximum Gasteiger partial charge on any atom is 0.317 e. The van der Waals surface area contributed by atoms with Gasteiger partial charge in [0.05, 0.1) is 12.3 Å². The number of hydrogen-bond donors (Lipinski definition) is 3. The molecule has 9 nitrogen and oxygen atoms in total. The lowest BCUT2D eigenvalue weighted by molar-refractivity contribution is -0.758. The molecule has 0 fully saturated rings. The minimum absolute atomic E-state index is 0.119. The van der Waals surface area contributed by atoms with E-state index in [-0.39, 0.29) is 18.9 Å². The molecule has 0 saturated carbocycles. The highest BCUT2D eigenvalue weighted by atomic mass is 17.0. The molecule has 0 bridgehead atoms. The Morgan fingerprint density at radius 3 is 2.56 bits per heavy atom. The van der Waals surface area contributed by atoms with Crippen molar-refractivity contribution in [2.24, 2.45) is 5.73 Å². The monoisotopic (exact) mass is 256 g/mol. The first-order chi connectivity index (χ1) is 8.54. The first-order valence-electron chi connectivity index (χ1n) is 4.85. The van der Waals surface area contributed by atoms with Crippen LogP contribution in [0.5, 0.6) is 5.75 Å². The summed E-state index contributed by atoms with van der Waals surface area (Å²) < 4.78 is 5.10. The summed E-state index contributed by atoms with van der Waals surface area (Å²) >= 11 is 0. The molecule has 4 N–H and O–H groups in total. The van der Waals surface area contributed by atoms with Crippen LogP contribution in [0.2, 0.25) is 0 Å². The van der Waals surface area contributed by atoms with Crippen LogP contribution in [-0.4, -0.2) is 29.4 Å². The predicted molar refractivity (Wildman–Crippen MR) is 61.5 cm³/mol. The van der Waals surface area contributed by atoms with Crippen molar-refractivity contribution < 1.29 is 19.9 Å². The average Bonchev–Trinajstić information content (AvgIpc) is 2.34. The van der Waals surface area contributed by atoms with Crippen molar-refractivity contribution >= 4 is 11.6 Å². The fourth-order valence-corrected chi connectivity index (χ4v) is 1.14. The van der Waals surface area contributed by atoms with Gasteiger partial charge >= 0.3 is 5.09 Å². The molecule has 0 aromatic heterocycles. The Morgan fingerprint density at radius 1 is 1.50 bits per heavy atom. The molecule has 0 unspecified atom stereocenters. The first-order valence-corrected chi connectivity index (χ1v) is 4.85. The van der Waals surface area contributed by atoms with Crippen LogP contribution in [0.1, 0.15) is 0 Å². The normalized spacial score (nSPS) is 9.61. The second-order valence-electron chi connectivity index (χ2n) is 3.05. The van der Waals surface area contributed by atoms with Crippen molar-refractivity contribution in [2.45, 2.75) is 0 Å². The number of guanidine groups is 1. The molecule has 0 aliphatic rings. The van der Waals surface area contributed by atoms with E-state index in [0.717, 1.165) is 0 Å². The Balaban J connectivity index is 2.80. The molecule has 0 saturated heterocycles. The van der Waals surface area contributed by atoms with E-state index in [0.29, 0.717) is 10.8 Å². The van der Waals surface area contributed by atoms with E-state index in [2.05, 4.69) is 4.94 Å². The smallest absolute Gasteiger partial charge is 0.317 e. The van der Waals surface area contributed by atoms with Crippen LogP contribution in [-0.2, 0) is 4.94 Å². The number of nitrogens with two attached hydrogens (primary N) is 1. The average molecular weight is 256 g/mol. The number of benzene rings is 1. The molecule has 0 heterocycles. The van der Waals surface area contributed by atoms with Gasteiger partial charge in [-0.05, 0) is 24.3 Å². The topological polar surface area (TPSA) is 135 Å². The van der Waals surface area contributed by atoms with Gasteiger partial charge in [0.15, 0.2) is 0 Å². The van der Waals surface area contributed by atoms with Gasteiger partial charge in [0.25, 0.3) is 0 Å². The second kappa shape index (κ2) is 6.25. The number of hydrogen-bond acceptors (Lipinski definition) is 6. The zero-order valence-corrected chi connectivity index (χ0v) is 9.28. The summed E-state index contributed by atoms with van der Waals surface area (Å²) in [6, 6.07) is 5.86. The number of nitrogens with one attached hydrogen (secondary N) is 1. The van der Waals surface area contributed by atoms with E-state index < -0.39 is 11.0 Å². The molecule has 0 amide bonds. The summed E-state index contributed by atoms with van der Waals surface area (Å²) in [5, 5.41) is 25.4. The molecule has 18 heavy (non-hydrogen) atoms. The number of rotatable bonds is 6. The fourth-order valence-electron chi connectivity index (χ4n) is 1.14. The van der Waals surface area contributed by atoms with E-state index >= 15 is 0 Å². The van der Waals surface area contributed by atoms with E-state index in [1.807, 2.05) is 0 Å². The van der Waals surface area contributed by atoms with Gasteiger partial charge in [0, 0.05) is 0 Å². The highest BCUT2D eigenvalue weighted by molar-refractivity contribution is 5.90.